The summed E-state index contributed by atoms with van der Waals surface area (Å²) >= 11 is 12.0. The lowest BCUT2D eigenvalue weighted by atomic mass is 10.1. The number of nitrogens with zero attached hydrogens (tertiary/aromatic N) is 1. The molecule has 3 rings (SSSR count). The molecular weight excluding hydrogens is 432 g/mol. The van der Waals surface area contributed by atoms with Gasteiger partial charge in [-0.05, 0) is 57.5 Å². The zero-order valence-corrected chi connectivity index (χ0v) is 18.4. The SMILES string of the molecule is Cc1c(CC(=O)OC(C)(C)C)c2cc(O)c(F)cc2n1C(=O)c1ccc(Cl)c(Cl)c1. The maximum Gasteiger partial charge on any atom is 0.310 e. The van der Waals surface area contributed by atoms with Crippen molar-refractivity contribution in [1.29, 1.82) is 0 Å². The number of benzene rings is 2. The second-order valence-corrected chi connectivity index (χ2v) is 8.73. The third kappa shape index (κ3) is 4.30. The van der Waals surface area contributed by atoms with E-state index >= 15 is 0 Å². The van der Waals surface area contributed by atoms with Crippen molar-refractivity contribution in [2.75, 3.05) is 0 Å². The quantitative estimate of drug-likeness (QED) is 0.520. The smallest absolute Gasteiger partial charge is 0.310 e. The molecule has 0 spiro atoms. The highest BCUT2D eigenvalue weighted by Crippen LogP contribution is 2.33. The molecule has 30 heavy (non-hydrogen) atoms. The van der Waals surface area contributed by atoms with Crippen LogP contribution < -0.4 is 0 Å². The fourth-order valence-electron chi connectivity index (χ4n) is 3.25. The molecule has 0 atom stereocenters. The summed E-state index contributed by atoms with van der Waals surface area (Å²) in [5.74, 6) is -2.44. The molecule has 0 saturated carbocycles. The van der Waals surface area contributed by atoms with Crippen LogP contribution in [0.1, 0.15) is 42.4 Å². The number of aromatic hydroxyl groups is 1. The van der Waals surface area contributed by atoms with Gasteiger partial charge in [-0.3, -0.25) is 14.2 Å². The van der Waals surface area contributed by atoms with E-state index in [2.05, 4.69) is 0 Å². The molecule has 0 aliphatic heterocycles. The Morgan fingerprint density at radius 1 is 1.13 bits per heavy atom. The van der Waals surface area contributed by atoms with E-state index in [9.17, 15) is 19.1 Å². The van der Waals surface area contributed by atoms with E-state index in [1.807, 2.05) is 0 Å². The van der Waals surface area contributed by atoms with E-state index in [-0.39, 0.29) is 22.5 Å². The molecule has 158 valence electrons. The number of rotatable bonds is 3. The van der Waals surface area contributed by atoms with Crippen molar-refractivity contribution in [3.8, 4) is 5.75 Å². The molecule has 0 saturated heterocycles. The molecule has 1 aromatic heterocycles. The number of hydrogen-bond donors (Lipinski definition) is 1. The van der Waals surface area contributed by atoms with Crippen molar-refractivity contribution in [3.05, 3.63) is 63.0 Å². The largest absolute Gasteiger partial charge is 0.505 e. The van der Waals surface area contributed by atoms with Crippen LogP contribution in [0, 0.1) is 12.7 Å². The summed E-state index contributed by atoms with van der Waals surface area (Å²) in [4.78, 5) is 25.7. The molecule has 3 aromatic rings. The number of phenolic OH excluding ortho intramolecular Hbond substituents is 1. The molecule has 0 fully saturated rings. The van der Waals surface area contributed by atoms with Crippen LogP contribution >= 0.6 is 23.2 Å². The average molecular weight is 452 g/mol. The molecular formula is C22H20Cl2FNO4. The summed E-state index contributed by atoms with van der Waals surface area (Å²) in [5.41, 5.74) is 0.659. The fraction of sp³-hybridized carbons (Fsp3) is 0.273. The maximum atomic E-state index is 14.1. The van der Waals surface area contributed by atoms with Crippen LogP contribution in [0.3, 0.4) is 0 Å². The van der Waals surface area contributed by atoms with Gasteiger partial charge in [-0.15, -0.1) is 0 Å². The van der Waals surface area contributed by atoms with Crippen LogP contribution in [0.4, 0.5) is 4.39 Å². The number of phenols is 1. The van der Waals surface area contributed by atoms with Gasteiger partial charge < -0.3 is 9.84 Å². The molecule has 0 radical (unpaired) electrons. The van der Waals surface area contributed by atoms with Crippen LogP contribution in [0.5, 0.6) is 5.75 Å². The van der Waals surface area contributed by atoms with Gasteiger partial charge >= 0.3 is 5.97 Å². The van der Waals surface area contributed by atoms with Gasteiger partial charge in [0, 0.05) is 22.7 Å². The lowest BCUT2D eigenvalue weighted by Gasteiger charge is -2.19. The molecule has 0 amide bonds. The van der Waals surface area contributed by atoms with Crippen LogP contribution in [0.15, 0.2) is 30.3 Å². The predicted octanol–water partition coefficient (Wildman–Crippen LogP) is 5.67. The molecule has 0 bridgehead atoms. The first-order valence-corrected chi connectivity index (χ1v) is 9.88. The van der Waals surface area contributed by atoms with Crippen molar-refractivity contribution in [3.63, 3.8) is 0 Å². The number of ether oxygens (including phenoxy) is 1. The lowest BCUT2D eigenvalue weighted by molar-refractivity contribution is -0.153. The van der Waals surface area contributed by atoms with Gasteiger partial charge in [0.25, 0.3) is 5.91 Å². The molecule has 0 aliphatic carbocycles. The van der Waals surface area contributed by atoms with Gasteiger partial charge in [0.05, 0.1) is 22.0 Å². The maximum absolute atomic E-state index is 14.1. The zero-order chi connectivity index (χ0) is 22.4. The number of esters is 1. The van der Waals surface area contributed by atoms with Crippen LogP contribution in [-0.2, 0) is 16.0 Å². The van der Waals surface area contributed by atoms with Gasteiger partial charge in [0.2, 0.25) is 0 Å². The third-order valence-electron chi connectivity index (χ3n) is 4.51. The monoisotopic (exact) mass is 451 g/mol. The number of carbonyl (C=O) groups is 2. The van der Waals surface area contributed by atoms with E-state index in [0.29, 0.717) is 21.7 Å². The summed E-state index contributed by atoms with van der Waals surface area (Å²) < 4.78 is 20.8. The van der Waals surface area contributed by atoms with Crippen molar-refractivity contribution < 1.29 is 23.8 Å². The van der Waals surface area contributed by atoms with E-state index in [1.54, 1.807) is 27.7 Å². The topological polar surface area (TPSA) is 68.5 Å². The average Bonchev–Trinajstić information content (AvgIpc) is 2.87. The normalized spacial score (nSPS) is 11.7. The van der Waals surface area contributed by atoms with Gasteiger partial charge in [-0.25, -0.2) is 4.39 Å². The first-order valence-electron chi connectivity index (χ1n) is 9.13. The van der Waals surface area contributed by atoms with Gasteiger partial charge in [0.1, 0.15) is 5.60 Å². The first kappa shape index (κ1) is 22.1. The highest BCUT2D eigenvalue weighted by atomic mass is 35.5. The lowest BCUT2D eigenvalue weighted by Crippen LogP contribution is -2.25. The van der Waals surface area contributed by atoms with Crippen molar-refractivity contribution in [2.45, 2.75) is 39.7 Å². The van der Waals surface area contributed by atoms with Gasteiger partial charge in [-0.2, -0.15) is 0 Å². The van der Waals surface area contributed by atoms with Crippen molar-refractivity contribution >= 4 is 46.0 Å². The summed E-state index contributed by atoms with van der Waals surface area (Å²) in [6.07, 6.45) is -0.146. The predicted molar refractivity (Wildman–Crippen MR) is 114 cm³/mol. The summed E-state index contributed by atoms with van der Waals surface area (Å²) in [6.45, 7) is 6.88. The fourth-order valence-corrected chi connectivity index (χ4v) is 3.55. The van der Waals surface area contributed by atoms with E-state index in [4.69, 9.17) is 27.9 Å². The number of fused-ring (bicyclic) bond motifs is 1. The molecule has 1 N–H and O–H groups in total. The molecule has 0 aliphatic rings. The Bertz CT molecular complexity index is 1180. The van der Waals surface area contributed by atoms with Crippen LogP contribution in [-0.4, -0.2) is 27.2 Å². The minimum absolute atomic E-state index is 0.146. The minimum atomic E-state index is -0.882. The zero-order valence-electron chi connectivity index (χ0n) is 16.8. The number of halogens is 3. The Hall–Kier alpha value is -2.57. The second kappa shape index (κ2) is 7.93. The molecule has 1 heterocycles. The Balaban J connectivity index is 2.18. The standard InChI is InChI=1S/C22H20Cl2FNO4/c1-11-13(9-20(28)30-22(2,3)4)14-8-19(27)17(25)10-18(14)26(11)21(29)12-5-6-15(23)16(24)7-12/h5-8,10,27H,9H2,1-4H3. The van der Waals surface area contributed by atoms with Gasteiger partial charge in [-0.1, -0.05) is 23.2 Å². The molecule has 2 aromatic carbocycles. The number of carbonyl (C=O) groups excluding carboxylic acids is 2. The van der Waals surface area contributed by atoms with Crippen molar-refractivity contribution in [1.82, 2.24) is 4.57 Å². The number of aromatic nitrogens is 1. The summed E-state index contributed by atoms with van der Waals surface area (Å²) in [6, 6.07) is 6.68. The van der Waals surface area contributed by atoms with Crippen molar-refractivity contribution in [2.24, 2.45) is 0 Å². The van der Waals surface area contributed by atoms with Gasteiger partial charge in [0.15, 0.2) is 11.6 Å². The van der Waals surface area contributed by atoms with Crippen LogP contribution in [0.25, 0.3) is 10.9 Å². The highest BCUT2D eigenvalue weighted by Gasteiger charge is 2.25. The molecule has 5 nitrogen and oxygen atoms in total. The minimum Gasteiger partial charge on any atom is -0.505 e. The Morgan fingerprint density at radius 3 is 2.40 bits per heavy atom. The Morgan fingerprint density at radius 2 is 1.80 bits per heavy atom. The second-order valence-electron chi connectivity index (χ2n) is 7.92. The number of hydrogen-bond acceptors (Lipinski definition) is 4. The van der Waals surface area contributed by atoms with E-state index in [0.717, 1.165) is 6.07 Å². The Kier molecular flexibility index (Phi) is 5.85. The Labute approximate surface area is 183 Å². The molecule has 0 unspecified atom stereocenters. The summed E-state index contributed by atoms with van der Waals surface area (Å²) in [7, 11) is 0. The highest BCUT2D eigenvalue weighted by molar-refractivity contribution is 6.42. The van der Waals surface area contributed by atoms with E-state index in [1.165, 1.54) is 28.8 Å². The first-order chi connectivity index (χ1) is 13.9. The van der Waals surface area contributed by atoms with E-state index < -0.39 is 29.0 Å². The summed E-state index contributed by atoms with van der Waals surface area (Å²) in [5, 5.41) is 10.7. The molecule has 8 heteroatoms. The van der Waals surface area contributed by atoms with Crippen LogP contribution in [0.2, 0.25) is 10.0 Å². The third-order valence-corrected chi connectivity index (χ3v) is 5.25.